The highest BCUT2D eigenvalue weighted by Crippen LogP contribution is 2.24. The molecule has 5 nitrogen and oxygen atoms in total. The zero-order valence-electron chi connectivity index (χ0n) is 17.3. The molecule has 3 aromatic carbocycles. The number of sulfonamides is 1. The second-order valence-electron chi connectivity index (χ2n) is 7.31. The molecule has 0 fully saturated rings. The molecule has 0 spiro atoms. The first-order valence-corrected chi connectivity index (χ1v) is 11.3. The second kappa shape index (κ2) is 8.85. The van der Waals surface area contributed by atoms with E-state index < -0.39 is 27.6 Å². The highest BCUT2D eigenvalue weighted by Gasteiger charge is 2.19. The Morgan fingerprint density at radius 3 is 2.23 bits per heavy atom. The van der Waals surface area contributed by atoms with Crippen LogP contribution < -0.4 is 9.62 Å². The van der Waals surface area contributed by atoms with Crippen LogP contribution in [0.5, 0.6) is 0 Å². The van der Waals surface area contributed by atoms with Crippen LogP contribution in [0.2, 0.25) is 0 Å². The van der Waals surface area contributed by atoms with Gasteiger partial charge in [-0.2, -0.15) is 0 Å². The minimum atomic E-state index is -3.54. The fraction of sp³-hybridized carbons (Fsp3) is 0.174. The number of hydrogen-bond acceptors (Lipinski definition) is 3. The van der Waals surface area contributed by atoms with E-state index in [0.29, 0.717) is 11.3 Å². The van der Waals surface area contributed by atoms with Gasteiger partial charge in [0.2, 0.25) is 10.0 Å². The predicted molar refractivity (Wildman–Crippen MR) is 118 cm³/mol. The lowest BCUT2D eigenvalue weighted by Gasteiger charge is -2.23. The second-order valence-corrected chi connectivity index (χ2v) is 9.22. The Labute approximate surface area is 180 Å². The van der Waals surface area contributed by atoms with Gasteiger partial charge in [-0.1, -0.05) is 18.2 Å². The lowest BCUT2D eigenvalue weighted by Crippen LogP contribution is -2.29. The van der Waals surface area contributed by atoms with Gasteiger partial charge in [-0.05, 0) is 66.9 Å². The van der Waals surface area contributed by atoms with Crippen molar-refractivity contribution in [1.29, 1.82) is 0 Å². The molecule has 3 aromatic rings. The zero-order chi connectivity index (χ0) is 22.8. The number of rotatable bonds is 6. The Balaban J connectivity index is 1.80. The molecule has 0 bridgehead atoms. The molecule has 1 N–H and O–H groups in total. The highest BCUT2D eigenvalue weighted by atomic mass is 32.2. The lowest BCUT2D eigenvalue weighted by molar-refractivity contribution is 0.102. The monoisotopic (exact) mass is 444 g/mol. The van der Waals surface area contributed by atoms with Crippen LogP contribution in [0, 0.1) is 25.5 Å². The number of hydrogen-bond donors (Lipinski definition) is 1. The van der Waals surface area contributed by atoms with Gasteiger partial charge in [0.15, 0.2) is 0 Å². The third kappa shape index (κ3) is 5.46. The molecule has 1 amide bonds. The molecular weight excluding hydrogens is 422 g/mol. The van der Waals surface area contributed by atoms with E-state index in [0.717, 1.165) is 35.6 Å². The van der Waals surface area contributed by atoms with E-state index in [1.807, 2.05) is 26.0 Å². The molecule has 0 saturated heterocycles. The summed E-state index contributed by atoms with van der Waals surface area (Å²) in [6.45, 7) is 3.94. The van der Waals surface area contributed by atoms with Gasteiger partial charge in [0.1, 0.15) is 11.6 Å². The topological polar surface area (TPSA) is 66.5 Å². The molecular formula is C23H22F2N2O3S. The number of benzene rings is 3. The molecule has 0 saturated carbocycles. The Morgan fingerprint density at radius 1 is 0.935 bits per heavy atom. The number of carbonyl (C=O) groups is 1. The molecule has 0 unspecified atom stereocenters. The molecule has 0 aliphatic rings. The molecule has 162 valence electrons. The summed E-state index contributed by atoms with van der Waals surface area (Å²) in [4.78, 5) is 12.4. The first-order valence-electron chi connectivity index (χ1n) is 9.45. The average molecular weight is 445 g/mol. The van der Waals surface area contributed by atoms with Gasteiger partial charge < -0.3 is 5.32 Å². The van der Waals surface area contributed by atoms with Crippen molar-refractivity contribution >= 4 is 27.3 Å². The summed E-state index contributed by atoms with van der Waals surface area (Å²) in [5.41, 5.74) is 3.22. The molecule has 3 rings (SSSR count). The normalized spacial score (nSPS) is 11.3. The zero-order valence-corrected chi connectivity index (χ0v) is 18.1. The SMILES string of the molecule is Cc1ccc(N(Cc2ccc(C(=O)Nc3cc(F)ccc3F)cc2)S(C)(=O)=O)cc1C. The largest absolute Gasteiger partial charge is 0.319 e. The van der Waals surface area contributed by atoms with Crippen molar-refractivity contribution in [2.75, 3.05) is 15.9 Å². The quantitative estimate of drug-likeness (QED) is 0.594. The van der Waals surface area contributed by atoms with E-state index in [1.165, 1.54) is 16.4 Å². The van der Waals surface area contributed by atoms with E-state index in [9.17, 15) is 22.0 Å². The van der Waals surface area contributed by atoms with Gasteiger partial charge in [0, 0.05) is 11.6 Å². The maximum Gasteiger partial charge on any atom is 0.255 e. The standard InChI is InChI=1S/C23H22F2N2O3S/c1-15-4-10-20(12-16(15)2)27(31(3,29)30)14-17-5-7-18(8-6-17)23(28)26-22-13-19(24)9-11-21(22)25/h4-13H,14H2,1-3H3,(H,26,28). The van der Waals surface area contributed by atoms with Crippen LogP contribution in [0.1, 0.15) is 27.0 Å². The summed E-state index contributed by atoms with van der Waals surface area (Å²) < 4.78 is 53.0. The van der Waals surface area contributed by atoms with Crippen molar-refractivity contribution in [3.63, 3.8) is 0 Å². The van der Waals surface area contributed by atoms with Crippen LogP contribution in [0.15, 0.2) is 60.7 Å². The first-order chi connectivity index (χ1) is 14.5. The van der Waals surface area contributed by atoms with E-state index in [4.69, 9.17) is 0 Å². The average Bonchev–Trinajstić information content (AvgIpc) is 2.70. The van der Waals surface area contributed by atoms with Crippen LogP contribution >= 0.6 is 0 Å². The van der Waals surface area contributed by atoms with Crippen LogP contribution in [0.4, 0.5) is 20.2 Å². The number of amides is 1. The minimum absolute atomic E-state index is 0.0851. The molecule has 0 aliphatic carbocycles. The van der Waals surface area contributed by atoms with Crippen LogP contribution in [-0.4, -0.2) is 20.6 Å². The van der Waals surface area contributed by atoms with E-state index in [-0.39, 0.29) is 17.8 Å². The molecule has 0 radical (unpaired) electrons. The maximum absolute atomic E-state index is 13.7. The molecule has 0 heterocycles. The molecule has 8 heteroatoms. The number of anilines is 2. The summed E-state index contributed by atoms with van der Waals surface area (Å²) >= 11 is 0. The number of nitrogens with zero attached hydrogens (tertiary/aromatic N) is 1. The Morgan fingerprint density at radius 2 is 1.61 bits per heavy atom. The Bertz CT molecular complexity index is 1230. The predicted octanol–water partition coefficient (Wildman–Crippen LogP) is 4.80. The fourth-order valence-corrected chi connectivity index (χ4v) is 3.88. The van der Waals surface area contributed by atoms with Crippen LogP contribution in [0.3, 0.4) is 0 Å². The van der Waals surface area contributed by atoms with Crippen molar-refractivity contribution in [1.82, 2.24) is 0 Å². The van der Waals surface area contributed by atoms with Crippen LogP contribution in [-0.2, 0) is 16.6 Å². The fourth-order valence-electron chi connectivity index (χ4n) is 3.00. The lowest BCUT2D eigenvalue weighted by atomic mass is 10.1. The van der Waals surface area contributed by atoms with E-state index in [2.05, 4.69) is 5.32 Å². The summed E-state index contributed by atoms with van der Waals surface area (Å²) in [6.07, 6.45) is 1.14. The van der Waals surface area contributed by atoms with E-state index in [1.54, 1.807) is 18.2 Å². The highest BCUT2D eigenvalue weighted by molar-refractivity contribution is 7.92. The molecule has 0 aromatic heterocycles. The van der Waals surface area contributed by atoms with Gasteiger partial charge in [-0.25, -0.2) is 17.2 Å². The number of carbonyl (C=O) groups excluding carboxylic acids is 1. The number of nitrogens with one attached hydrogen (secondary N) is 1. The van der Waals surface area contributed by atoms with Gasteiger partial charge in [-0.15, -0.1) is 0 Å². The summed E-state index contributed by atoms with van der Waals surface area (Å²) in [6, 6.07) is 14.5. The van der Waals surface area contributed by atoms with Crippen LogP contribution in [0.25, 0.3) is 0 Å². The van der Waals surface area contributed by atoms with Gasteiger partial charge in [0.25, 0.3) is 5.91 Å². The Hall–Kier alpha value is -3.26. The summed E-state index contributed by atoms with van der Waals surface area (Å²) in [5.74, 6) is -2.02. The summed E-state index contributed by atoms with van der Waals surface area (Å²) in [5, 5.41) is 2.33. The summed E-state index contributed by atoms with van der Waals surface area (Å²) in [7, 11) is -3.54. The number of aryl methyl sites for hydroxylation is 2. The van der Waals surface area contributed by atoms with Crippen molar-refractivity contribution in [3.05, 3.63) is 94.6 Å². The Kier molecular flexibility index (Phi) is 6.40. The smallest absolute Gasteiger partial charge is 0.255 e. The molecule has 31 heavy (non-hydrogen) atoms. The van der Waals surface area contributed by atoms with Crippen molar-refractivity contribution in [2.24, 2.45) is 0 Å². The molecule has 0 aliphatic heterocycles. The number of halogens is 2. The van der Waals surface area contributed by atoms with Gasteiger partial charge in [0.05, 0.1) is 24.2 Å². The van der Waals surface area contributed by atoms with Crippen molar-refractivity contribution in [2.45, 2.75) is 20.4 Å². The molecule has 0 atom stereocenters. The first kappa shape index (κ1) is 22.4. The third-order valence-electron chi connectivity index (χ3n) is 4.90. The van der Waals surface area contributed by atoms with Gasteiger partial charge >= 0.3 is 0 Å². The minimum Gasteiger partial charge on any atom is -0.319 e. The third-order valence-corrected chi connectivity index (χ3v) is 6.04. The van der Waals surface area contributed by atoms with E-state index >= 15 is 0 Å². The maximum atomic E-state index is 13.7. The van der Waals surface area contributed by atoms with Crippen molar-refractivity contribution in [3.8, 4) is 0 Å². The van der Waals surface area contributed by atoms with Crippen molar-refractivity contribution < 1.29 is 22.0 Å². The van der Waals surface area contributed by atoms with Gasteiger partial charge in [-0.3, -0.25) is 9.10 Å².